The topological polar surface area (TPSA) is 54.3 Å². The van der Waals surface area contributed by atoms with Crippen molar-refractivity contribution in [3.05, 3.63) is 60.1 Å². The van der Waals surface area contributed by atoms with Crippen LogP contribution in [0.25, 0.3) is 0 Å². The summed E-state index contributed by atoms with van der Waals surface area (Å²) in [5.74, 6) is 0.785. The quantitative estimate of drug-likeness (QED) is 0.825. The fourth-order valence-corrected chi connectivity index (χ4v) is 2.19. The molecule has 22 heavy (non-hydrogen) atoms. The minimum atomic E-state index is -0.189. The first-order valence-electron chi connectivity index (χ1n) is 7.64. The first-order valence-corrected chi connectivity index (χ1v) is 7.64. The largest absolute Gasteiger partial charge is 0.467 e. The molecule has 1 aromatic carbocycles. The smallest absolute Gasteiger partial charge is 0.234 e. The molecule has 1 atom stereocenters. The van der Waals surface area contributed by atoms with Crippen molar-refractivity contribution in [1.82, 2.24) is 10.6 Å². The Morgan fingerprint density at radius 2 is 1.91 bits per heavy atom. The molecule has 0 fully saturated rings. The van der Waals surface area contributed by atoms with Crippen LogP contribution in [0.4, 0.5) is 0 Å². The number of nitrogens with one attached hydrogen (secondary N) is 2. The zero-order valence-corrected chi connectivity index (χ0v) is 13.4. The Labute approximate surface area is 131 Å². The molecule has 0 aliphatic heterocycles. The first kappa shape index (κ1) is 16.3. The third kappa shape index (κ3) is 4.46. The number of carbonyl (C=O) groups is 1. The van der Waals surface area contributed by atoms with Gasteiger partial charge in [0.05, 0.1) is 18.8 Å². The van der Waals surface area contributed by atoms with Crippen LogP contribution in [0.1, 0.15) is 44.6 Å². The lowest BCUT2D eigenvalue weighted by Crippen LogP contribution is -2.47. The van der Waals surface area contributed by atoms with Crippen LogP contribution in [0.15, 0.2) is 53.1 Å². The number of hydrogen-bond donors (Lipinski definition) is 2. The summed E-state index contributed by atoms with van der Waals surface area (Å²) in [6.45, 7) is 6.34. The van der Waals surface area contributed by atoms with Gasteiger partial charge in [0.2, 0.25) is 5.91 Å². The highest BCUT2D eigenvalue weighted by Crippen LogP contribution is 2.22. The monoisotopic (exact) mass is 300 g/mol. The van der Waals surface area contributed by atoms with E-state index in [-0.39, 0.29) is 24.0 Å². The second-order valence-corrected chi connectivity index (χ2v) is 6.03. The van der Waals surface area contributed by atoms with Crippen LogP contribution in [0, 0.1) is 0 Å². The number of carbonyl (C=O) groups excluding carboxylic acids is 1. The summed E-state index contributed by atoms with van der Waals surface area (Å²) < 4.78 is 5.51. The zero-order chi connectivity index (χ0) is 16.0. The number of furan rings is 1. The molecule has 1 amide bonds. The molecule has 2 N–H and O–H groups in total. The van der Waals surface area contributed by atoms with Crippen LogP contribution in [-0.4, -0.2) is 18.0 Å². The van der Waals surface area contributed by atoms with E-state index in [1.807, 2.05) is 56.3 Å². The zero-order valence-electron chi connectivity index (χ0n) is 13.4. The lowest BCUT2D eigenvalue weighted by atomic mass is 10.0. The molecule has 4 heteroatoms. The number of hydrogen-bond acceptors (Lipinski definition) is 3. The van der Waals surface area contributed by atoms with Crippen molar-refractivity contribution < 1.29 is 9.21 Å². The Hall–Kier alpha value is -2.07. The second-order valence-electron chi connectivity index (χ2n) is 6.03. The molecule has 0 aliphatic rings. The Morgan fingerprint density at radius 1 is 1.18 bits per heavy atom. The summed E-state index contributed by atoms with van der Waals surface area (Å²) in [7, 11) is 0. The fraction of sp³-hybridized carbons (Fsp3) is 0.389. The summed E-state index contributed by atoms with van der Waals surface area (Å²) in [5, 5.41) is 6.31. The number of amides is 1. The Kier molecular flexibility index (Phi) is 5.39. The lowest BCUT2D eigenvalue weighted by molar-refractivity contribution is -0.121. The van der Waals surface area contributed by atoms with Gasteiger partial charge in [0.15, 0.2) is 0 Å². The second kappa shape index (κ2) is 7.27. The standard InChI is InChI=1S/C18H24N2O2/c1-4-18(2,3)20-16(21)13-19-17(15-11-8-12-22-15)14-9-6-5-7-10-14/h5-12,17,19H,4,13H2,1-3H3,(H,20,21)/t17-/m1/s1. The molecule has 1 heterocycles. The third-order valence-electron chi connectivity index (χ3n) is 3.79. The molecule has 0 saturated carbocycles. The molecule has 2 rings (SSSR count). The molecule has 2 aromatic rings. The molecule has 0 radical (unpaired) electrons. The van der Waals surface area contributed by atoms with E-state index >= 15 is 0 Å². The maximum atomic E-state index is 12.1. The van der Waals surface area contributed by atoms with Gasteiger partial charge < -0.3 is 9.73 Å². The van der Waals surface area contributed by atoms with Crippen molar-refractivity contribution in [2.24, 2.45) is 0 Å². The molecule has 118 valence electrons. The molecule has 0 bridgehead atoms. The number of rotatable bonds is 7. The lowest BCUT2D eigenvalue weighted by Gasteiger charge is -2.25. The highest BCUT2D eigenvalue weighted by molar-refractivity contribution is 5.78. The average Bonchev–Trinajstić information content (AvgIpc) is 3.02. The Balaban J connectivity index is 2.04. The van der Waals surface area contributed by atoms with Gasteiger partial charge in [0.1, 0.15) is 5.76 Å². The summed E-state index contributed by atoms with van der Waals surface area (Å²) in [6, 6.07) is 13.6. The van der Waals surface area contributed by atoms with Crippen LogP contribution >= 0.6 is 0 Å². The molecular weight excluding hydrogens is 276 g/mol. The van der Waals surface area contributed by atoms with Crippen LogP contribution in [-0.2, 0) is 4.79 Å². The fourth-order valence-electron chi connectivity index (χ4n) is 2.19. The molecule has 0 aliphatic carbocycles. The van der Waals surface area contributed by atoms with E-state index in [4.69, 9.17) is 4.42 Å². The van der Waals surface area contributed by atoms with Gasteiger partial charge in [0.25, 0.3) is 0 Å². The van der Waals surface area contributed by atoms with Crippen molar-refractivity contribution in [3.8, 4) is 0 Å². The van der Waals surface area contributed by atoms with E-state index in [1.165, 1.54) is 0 Å². The van der Waals surface area contributed by atoms with E-state index in [1.54, 1.807) is 6.26 Å². The Bertz CT molecular complexity index is 576. The van der Waals surface area contributed by atoms with Gasteiger partial charge in [-0.1, -0.05) is 37.3 Å². The molecule has 0 saturated heterocycles. The van der Waals surface area contributed by atoms with Gasteiger partial charge in [-0.3, -0.25) is 10.1 Å². The summed E-state index contributed by atoms with van der Waals surface area (Å²) >= 11 is 0. The van der Waals surface area contributed by atoms with E-state index in [9.17, 15) is 4.79 Å². The van der Waals surface area contributed by atoms with Gasteiger partial charge >= 0.3 is 0 Å². The van der Waals surface area contributed by atoms with E-state index < -0.39 is 0 Å². The van der Waals surface area contributed by atoms with Gasteiger partial charge in [-0.05, 0) is 38.0 Å². The highest BCUT2D eigenvalue weighted by Gasteiger charge is 2.20. The molecule has 4 nitrogen and oxygen atoms in total. The van der Waals surface area contributed by atoms with Crippen LogP contribution in [0.3, 0.4) is 0 Å². The highest BCUT2D eigenvalue weighted by atomic mass is 16.3. The SMILES string of the molecule is CCC(C)(C)NC(=O)CN[C@H](c1ccccc1)c1ccco1. The molecular formula is C18H24N2O2. The van der Waals surface area contributed by atoms with Crippen LogP contribution in [0.2, 0.25) is 0 Å². The molecule has 0 spiro atoms. The van der Waals surface area contributed by atoms with E-state index in [2.05, 4.69) is 17.6 Å². The van der Waals surface area contributed by atoms with Gasteiger partial charge in [-0.15, -0.1) is 0 Å². The van der Waals surface area contributed by atoms with Crippen molar-refractivity contribution in [3.63, 3.8) is 0 Å². The number of benzene rings is 1. The van der Waals surface area contributed by atoms with E-state index in [0.717, 1.165) is 17.7 Å². The van der Waals surface area contributed by atoms with Crippen LogP contribution in [0.5, 0.6) is 0 Å². The van der Waals surface area contributed by atoms with E-state index in [0.29, 0.717) is 0 Å². The van der Waals surface area contributed by atoms with Gasteiger partial charge in [-0.2, -0.15) is 0 Å². The molecule has 1 aromatic heterocycles. The summed E-state index contributed by atoms with van der Waals surface area (Å²) in [4.78, 5) is 12.1. The van der Waals surface area contributed by atoms with Crippen molar-refractivity contribution in [2.45, 2.75) is 38.8 Å². The maximum Gasteiger partial charge on any atom is 0.234 e. The van der Waals surface area contributed by atoms with Crippen LogP contribution < -0.4 is 10.6 Å². The predicted molar refractivity (Wildman–Crippen MR) is 87.5 cm³/mol. The normalized spacial score (nSPS) is 12.9. The maximum absolute atomic E-state index is 12.1. The summed E-state index contributed by atoms with van der Waals surface area (Å²) in [6.07, 6.45) is 2.53. The first-order chi connectivity index (χ1) is 10.5. The average molecular weight is 300 g/mol. The van der Waals surface area contributed by atoms with Crippen molar-refractivity contribution >= 4 is 5.91 Å². The van der Waals surface area contributed by atoms with Crippen molar-refractivity contribution in [2.75, 3.05) is 6.54 Å². The Morgan fingerprint density at radius 3 is 2.50 bits per heavy atom. The van der Waals surface area contributed by atoms with Crippen molar-refractivity contribution in [1.29, 1.82) is 0 Å². The molecule has 0 unspecified atom stereocenters. The minimum absolute atomic E-state index is 0.0145. The third-order valence-corrected chi connectivity index (χ3v) is 3.79. The van der Waals surface area contributed by atoms with Gasteiger partial charge in [0, 0.05) is 5.54 Å². The summed E-state index contributed by atoms with van der Waals surface area (Å²) in [5.41, 5.74) is 0.881. The van der Waals surface area contributed by atoms with Gasteiger partial charge in [-0.25, -0.2) is 0 Å². The predicted octanol–water partition coefficient (Wildman–Crippen LogP) is 3.26. The minimum Gasteiger partial charge on any atom is -0.467 e.